The number of rotatable bonds is 2. The molecule has 0 saturated carbocycles. The van der Waals surface area contributed by atoms with Crippen LogP contribution in [0.1, 0.15) is 37.1 Å². The Bertz CT molecular complexity index is 538. The first kappa shape index (κ1) is 14.1. The van der Waals surface area contributed by atoms with Crippen molar-refractivity contribution in [3.05, 3.63) is 35.8 Å². The summed E-state index contributed by atoms with van der Waals surface area (Å²) in [6.45, 7) is 7.94. The van der Waals surface area contributed by atoms with E-state index in [1.54, 1.807) is 6.92 Å². The van der Waals surface area contributed by atoms with Crippen molar-refractivity contribution in [2.45, 2.75) is 27.7 Å². The number of aryl methyl sites for hydroxylation is 1. The highest BCUT2D eigenvalue weighted by molar-refractivity contribution is 5.89. The Balaban J connectivity index is 0.000000771. The molecule has 0 saturated heterocycles. The van der Waals surface area contributed by atoms with Gasteiger partial charge in [-0.25, -0.2) is 14.8 Å². The summed E-state index contributed by atoms with van der Waals surface area (Å²) in [5.41, 5.74) is 1.55. The number of fused-ring (bicyclic) bond motifs is 1. The highest BCUT2D eigenvalue weighted by Gasteiger charge is 2.12. The summed E-state index contributed by atoms with van der Waals surface area (Å²) in [4.78, 5) is 19.8. The smallest absolute Gasteiger partial charge is 0.376 e. The summed E-state index contributed by atoms with van der Waals surface area (Å²) in [6.07, 6.45) is 0. The first-order chi connectivity index (χ1) is 8.72. The maximum Gasteiger partial charge on any atom is 0.376 e. The summed E-state index contributed by atoms with van der Waals surface area (Å²) in [5.74, 6) is -0.352. The van der Waals surface area contributed by atoms with E-state index >= 15 is 0 Å². The topological polar surface area (TPSA) is 52.1 Å². The minimum Gasteiger partial charge on any atom is -0.460 e. The molecule has 0 N–H and O–H groups in total. The molecule has 0 bridgehead atoms. The lowest BCUT2D eigenvalue weighted by molar-refractivity contribution is 0.0512. The Morgan fingerprint density at radius 3 is 2.56 bits per heavy atom. The quantitative estimate of drug-likeness (QED) is 0.764. The molecule has 2 aromatic rings. The molecule has 0 aliphatic rings. The number of nitrogens with zero attached hydrogens (tertiary/aromatic N) is 2. The third-order valence-electron chi connectivity index (χ3n) is 2.25. The minimum atomic E-state index is -0.476. The molecule has 18 heavy (non-hydrogen) atoms. The van der Waals surface area contributed by atoms with Crippen LogP contribution in [0.15, 0.2) is 24.3 Å². The number of carbonyl (C=O) groups is 1. The number of benzene rings is 1. The van der Waals surface area contributed by atoms with Gasteiger partial charge in [0, 0.05) is 11.1 Å². The van der Waals surface area contributed by atoms with Crippen LogP contribution in [0.3, 0.4) is 0 Å². The predicted molar refractivity (Wildman–Crippen MR) is 71.6 cm³/mol. The lowest BCUT2D eigenvalue weighted by Crippen LogP contribution is -2.10. The molecule has 0 fully saturated rings. The fourth-order valence-corrected chi connectivity index (χ4v) is 1.52. The van der Waals surface area contributed by atoms with E-state index in [1.807, 2.05) is 45.0 Å². The van der Waals surface area contributed by atoms with Crippen LogP contribution in [-0.4, -0.2) is 22.5 Å². The van der Waals surface area contributed by atoms with Crippen LogP contribution in [0.2, 0.25) is 0 Å². The van der Waals surface area contributed by atoms with Gasteiger partial charge in [-0.15, -0.1) is 0 Å². The minimum absolute atomic E-state index is 0.123. The first-order valence-electron chi connectivity index (χ1n) is 6.13. The zero-order valence-corrected chi connectivity index (χ0v) is 11.2. The van der Waals surface area contributed by atoms with Gasteiger partial charge in [0.05, 0.1) is 12.1 Å². The van der Waals surface area contributed by atoms with Crippen molar-refractivity contribution in [3.8, 4) is 0 Å². The number of hydrogen-bond donors (Lipinski definition) is 0. The number of carbonyl (C=O) groups excluding carboxylic acids is 1. The summed E-state index contributed by atoms with van der Waals surface area (Å²) >= 11 is 0. The molecule has 0 amide bonds. The molecule has 1 heterocycles. The molecular formula is C14H18N2O2. The molecule has 1 aromatic carbocycles. The monoisotopic (exact) mass is 246 g/mol. The largest absolute Gasteiger partial charge is 0.460 e. The number of hydrogen-bond acceptors (Lipinski definition) is 4. The molecule has 96 valence electrons. The highest BCUT2D eigenvalue weighted by Crippen LogP contribution is 2.14. The van der Waals surface area contributed by atoms with Crippen LogP contribution in [-0.2, 0) is 4.74 Å². The molecule has 2 rings (SSSR count). The normalized spacial score (nSPS) is 9.56. The van der Waals surface area contributed by atoms with E-state index in [9.17, 15) is 4.79 Å². The van der Waals surface area contributed by atoms with Crippen molar-refractivity contribution in [2.75, 3.05) is 6.61 Å². The second kappa shape index (κ2) is 6.69. The van der Waals surface area contributed by atoms with E-state index in [0.29, 0.717) is 6.61 Å². The standard InChI is InChI=1S/C12H12N2O2.C2H6/c1-3-16-12(15)11-13-8(2)9-6-4-5-7-10(9)14-11;1-2/h4-7H,3H2,1-2H3;1-2H3. The average molecular weight is 246 g/mol. The third-order valence-corrected chi connectivity index (χ3v) is 2.25. The lowest BCUT2D eigenvalue weighted by atomic mass is 10.2. The lowest BCUT2D eigenvalue weighted by Gasteiger charge is -2.04. The first-order valence-corrected chi connectivity index (χ1v) is 6.13. The van der Waals surface area contributed by atoms with E-state index in [4.69, 9.17) is 4.74 Å². The molecular weight excluding hydrogens is 228 g/mol. The van der Waals surface area contributed by atoms with Crippen LogP contribution < -0.4 is 0 Å². The molecule has 0 aliphatic heterocycles. The second-order valence-corrected chi connectivity index (χ2v) is 3.37. The van der Waals surface area contributed by atoms with Crippen LogP contribution in [0.5, 0.6) is 0 Å². The highest BCUT2D eigenvalue weighted by atomic mass is 16.5. The van der Waals surface area contributed by atoms with Gasteiger partial charge in [0.25, 0.3) is 0 Å². The molecule has 0 aliphatic carbocycles. The van der Waals surface area contributed by atoms with Crippen LogP contribution in [0.4, 0.5) is 0 Å². The maximum atomic E-state index is 11.5. The maximum absolute atomic E-state index is 11.5. The van der Waals surface area contributed by atoms with Gasteiger partial charge in [-0.3, -0.25) is 0 Å². The van der Waals surface area contributed by atoms with E-state index in [1.165, 1.54) is 0 Å². The van der Waals surface area contributed by atoms with Gasteiger partial charge in [0.15, 0.2) is 0 Å². The Labute approximate surface area is 107 Å². The Kier molecular flexibility index (Phi) is 5.24. The van der Waals surface area contributed by atoms with E-state index in [-0.39, 0.29) is 5.82 Å². The van der Waals surface area contributed by atoms with Gasteiger partial charge in [0.2, 0.25) is 5.82 Å². The van der Waals surface area contributed by atoms with Crippen LogP contribution >= 0.6 is 0 Å². The van der Waals surface area contributed by atoms with Crippen molar-refractivity contribution < 1.29 is 9.53 Å². The zero-order valence-electron chi connectivity index (χ0n) is 11.2. The van der Waals surface area contributed by atoms with Gasteiger partial charge in [-0.1, -0.05) is 32.0 Å². The van der Waals surface area contributed by atoms with Crippen LogP contribution in [0.25, 0.3) is 10.9 Å². The van der Waals surface area contributed by atoms with E-state index in [2.05, 4.69) is 9.97 Å². The van der Waals surface area contributed by atoms with Crippen LogP contribution in [0, 0.1) is 6.92 Å². The Morgan fingerprint density at radius 2 is 1.89 bits per heavy atom. The third kappa shape index (κ3) is 3.03. The molecule has 1 aromatic heterocycles. The predicted octanol–water partition coefficient (Wildman–Crippen LogP) is 3.14. The summed E-state index contributed by atoms with van der Waals surface area (Å²) in [6, 6.07) is 7.58. The summed E-state index contributed by atoms with van der Waals surface area (Å²) in [5, 5.41) is 0.954. The van der Waals surface area contributed by atoms with Gasteiger partial charge in [-0.2, -0.15) is 0 Å². The van der Waals surface area contributed by atoms with Gasteiger partial charge in [-0.05, 0) is 19.9 Å². The SMILES string of the molecule is CC.CCOC(=O)c1nc(C)c2ccccc2n1. The van der Waals surface area contributed by atoms with Crippen molar-refractivity contribution in [1.82, 2.24) is 9.97 Å². The number of ether oxygens (including phenoxy) is 1. The Hall–Kier alpha value is -1.97. The second-order valence-electron chi connectivity index (χ2n) is 3.37. The molecule has 4 heteroatoms. The van der Waals surface area contributed by atoms with Crippen molar-refractivity contribution in [1.29, 1.82) is 0 Å². The van der Waals surface area contributed by atoms with Gasteiger partial charge < -0.3 is 4.74 Å². The van der Waals surface area contributed by atoms with Gasteiger partial charge in [0.1, 0.15) is 0 Å². The summed E-state index contributed by atoms with van der Waals surface area (Å²) in [7, 11) is 0. The van der Waals surface area contributed by atoms with E-state index < -0.39 is 5.97 Å². The fraction of sp³-hybridized carbons (Fsp3) is 0.357. The van der Waals surface area contributed by atoms with Crippen molar-refractivity contribution >= 4 is 16.9 Å². The van der Waals surface area contributed by atoms with Crippen molar-refractivity contribution in [2.24, 2.45) is 0 Å². The molecule has 0 radical (unpaired) electrons. The number of para-hydroxylation sites is 1. The molecule has 0 atom stereocenters. The molecule has 4 nitrogen and oxygen atoms in total. The molecule has 0 unspecified atom stereocenters. The average Bonchev–Trinajstić information content (AvgIpc) is 2.41. The van der Waals surface area contributed by atoms with Gasteiger partial charge >= 0.3 is 5.97 Å². The zero-order chi connectivity index (χ0) is 13.5. The number of aromatic nitrogens is 2. The van der Waals surface area contributed by atoms with Crippen molar-refractivity contribution in [3.63, 3.8) is 0 Å². The molecule has 0 spiro atoms. The fourth-order valence-electron chi connectivity index (χ4n) is 1.52. The Morgan fingerprint density at radius 1 is 1.22 bits per heavy atom. The van der Waals surface area contributed by atoms with E-state index in [0.717, 1.165) is 16.6 Å². The summed E-state index contributed by atoms with van der Waals surface area (Å²) < 4.78 is 4.87. The number of esters is 1.